The van der Waals surface area contributed by atoms with Crippen molar-refractivity contribution in [2.24, 2.45) is 0 Å². The molecule has 1 aliphatic rings. The fraction of sp³-hybridized carbons (Fsp3) is 0.316. The van der Waals surface area contributed by atoms with Crippen LogP contribution < -0.4 is 10.9 Å². The van der Waals surface area contributed by atoms with Gasteiger partial charge in [0.1, 0.15) is 5.82 Å². The molecule has 0 spiro atoms. The van der Waals surface area contributed by atoms with Gasteiger partial charge in [-0.25, -0.2) is 9.78 Å². The number of aromatic nitrogens is 2. The van der Waals surface area contributed by atoms with E-state index in [4.69, 9.17) is 16.3 Å². The number of carbonyl (C=O) groups excluding carboxylic acids is 1. The van der Waals surface area contributed by atoms with Crippen molar-refractivity contribution >= 4 is 35.1 Å². The number of hydrogen-bond acceptors (Lipinski definition) is 6. The van der Waals surface area contributed by atoms with Crippen molar-refractivity contribution in [1.29, 1.82) is 0 Å². The Labute approximate surface area is 166 Å². The van der Waals surface area contributed by atoms with Gasteiger partial charge in [0, 0.05) is 16.5 Å². The van der Waals surface area contributed by atoms with Gasteiger partial charge in [0.2, 0.25) is 0 Å². The maximum Gasteiger partial charge on any atom is 0.336 e. The molecule has 142 valence electrons. The number of ether oxygens (including phenoxy) is 1. The van der Waals surface area contributed by atoms with Crippen LogP contribution in [0.3, 0.4) is 0 Å². The molecule has 0 aliphatic carbocycles. The van der Waals surface area contributed by atoms with Crippen molar-refractivity contribution in [2.75, 3.05) is 18.2 Å². The second kappa shape index (κ2) is 8.19. The Kier molecular flexibility index (Phi) is 5.92. The number of benzene rings is 1. The van der Waals surface area contributed by atoms with Gasteiger partial charge < -0.3 is 15.0 Å². The monoisotopic (exact) mass is 405 g/mol. The topological polar surface area (TPSA) is 84.1 Å². The molecule has 3 rings (SSSR count). The van der Waals surface area contributed by atoms with E-state index < -0.39 is 11.9 Å². The Bertz CT molecular complexity index is 954. The summed E-state index contributed by atoms with van der Waals surface area (Å²) in [7, 11) is 1.32. The van der Waals surface area contributed by atoms with E-state index in [9.17, 15) is 9.59 Å². The van der Waals surface area contributed by atoms with E-state index in [1.54, 1.807) is 31.2 Å². The SMILES string of the molecule is CCCSc1nc2c(c(=O)[nH]1)[C@H](c1ccc(Cl)cc1)C(C(=O)OC)=C(C)N2. The number of nitrogens with one attached hydrogen (secondary N) is 2. The van der Waals surface area contributed by atoms with Crippen LogP contribution in [-0.2, 0) is 9.53 Å². The van der Waals surface area contributed by atoms with Crippen molar-refractivity contribution in [3.8, 4) is 0 Å². The highest BCUT2D eigenvalue weighted by Crippen LogP contribution is 2.40. The van der Waals surface area contributed by atoms with E-state index >= 15 is 0 Å². The molecule has 2 heterocycles. The minimum Gasteiger partial charge on any atom is -0.466 e. The zero-order valence-electron chi connectivity index (χ0n) is 15.3. The number of H-pyrrole nitrogens is 1. The summed E-state index contributed by atoms with van der Waals surface area (Å²) in [6.07, 6.45) is 0.970. The molecule has 0 unspecified atom stereocenters. The van der Waals surface area contributed by atoms with Crippen molar-refractivity contribution in [1.82, 2.24) is 9.97 Å². The summed E-state index contributed by atoms with van der Waals surface area (Å²) in [6.45, 7) is 3.84. The normalized spacial score (nSPS) is 15.9. The Morgan fingerprint density at radius 3 is 2.67 bits per heavy atom. The zero-order chi connectivity index (χ0) is 19.6. The first-order valence-corrected chi connectivity index (χ1v) is 9.91. The van der Waals surface area contributed by atoms with Crippen LogP contribution in [0.15, 0.2) is 45.5 Å². The van der Waals surface area contributed by atoms with Gasteiger partial charge in [-0.15, -0.1) is 0 Å². The van der Waals surface area contributed by atoms with E-state index in [1.807, 2.05) is 0 Å². The molecule has 2 N–H and O–H groups in total. The third kappa shape index (κ3) is 3.89. The van der Waals surface area contributed by atoms with Crippen LogP contribution >= 0.6 is 23.4 Å². The molecule has 0 saturated carbocycles. The first kappa shape index (κ1) is 19.5. The van der Waals surface area contributed by atoms with Crippen molar-refractivity contribution in [3.05, 3.63) is 62.0 Å². The van der Waals surface area contributed by atoms with Crippen LogP contribution in [0.5, 0.6) is 0 Å². The number of nitrogens with zero attached hydrogens (tertiary/aromatic N) is 1. The maximum absolute atomic E-state index is 12.9. The lowest BCUT2D eigenvalue weighted by Crippen LogP contribution is -2.31. The summed E-state index contributed by atoms with van der Waals surface area (Å²) in [6, 6.07) is 7.07. The molecule has 1 aromatic carbocycles. The number of aromatic amines is 1. The van der Waals surface area contributed by atoms with E-state index in [1.165, 1.54) is 18.9 Å². The molecule has 8 heteroatoms. The van der Waals surface area contributed by atoms with E-state index in [0.29, 0.717) is 32.8 Å². The van der Waals surface area contributed by atoms with Gasteiger partial charge >= 0.3 is 5.97 Å². The Morgan fingerprint density at radius 2 is 2.04 bits per heavy atom. The first-order chi connectivity index (χ1) is 13.0. The minimum absolute atomic E-state index is 0.278. The quantitative estimate of drug-likeness (QED) is 0.445. The van der Waals surface area contributed by atoms with Crippen LogP contribution in [0, 0.1) is 0 Å². The number of allylic oxidation sites excluding steroid dienone is 1. The van der Waals surface area contributed by atoms with Crippen LogP contribution in [-0.4, -0.2) is 28.8 Å². The summed E-state index contributed by atoms with van der Waals surface area (Å²) >= 11 is 7.49. The van der Waals surface area contributed by atoms with Crippen LogP contribution in [0.25, 0.3) is 0 Å². The molecule has 27 heavy (non-hydrogen) atoms. The smallest absolute Gasteiger partial charge is 0.336 e. The summed E-state index contributed by atoms with van der Waals surface area (Å²) in [5, 5.41) is 4.23. The number of halogens is 1. The summed E-state index contributed by atoms with van der Waals surface area (Å²) in [4.78, 5) is 32.8. The molecule has 1 aliphatic heterocycles. The highest BCUT2D eigenvalue weighted by atomic mass is 35.5. The van der Waals surface area contributed by atoms with E-state index in [2.05, 4.69) is 22.2 Å². The Balaban J connectivity index is 2.19. The number of anilines is 1. The average molecular weight is 406 g/mol. The van der Waals surface area contributed by atoms with Gasteiger partial charge in [-0.05, 0) is 31.0 Å². The molecule has 0 radical (unpaired) electrons. The second-order valence-corrected chi connectivity index (χ2v) is 7.64. The van der Waals surface area contributed by atoms with E-state index in [0.717, 1.165) is 17.7 Å². The predicted molar refractivity (Wildman–Crippen MR) is 108 cm³/mol. The maximum atomic E-state index is 12.9. The summed E-state index contributed by atoms with van der Waals surface area (Å²) < 4.78 is 4.97. The number of rotatable bonds is 5. The molecule has 1 atom stereocenters. The van der Waals surface area contributed by atoms with Crippen LogP contribution in [0.4, 0.5) is 5.82 Å². The number of hydrogen-bond donors (Lipinski definition) is 2. The van der Waals surface area contributed by atoms with E-state index in [-0.39, 0.29) is 5.56 Å². The van der Waals surface area contributed by atoms with Crippen molar-refractivity contribution < 1.29 is 9.53 Å². The Hall–Kier alpha value is -2.25. The zero-order valence-corrected chi connectivity index (χ0v) is 16.8. The fourth-order valence-corrected chi connectivity index (χ4v) is 3.91. The molecule has 6 nitrogen and oxygen atoms in total. The summed E-state index contributed by atoms with van der Waals surface area (Å²) in [5.41, 5.74) is 1.87. The van der Waals surface area contributed by atoms with Crippen LogP contribution in [0.1, 0.15) is 37.3 Å². The lowest BCUT2D eigenvalue weighted by molar-refractivity contribution is -0.136. The van der Waals surface area contributed by atoms with Crippen LogP contribution in [0.2, 0.25) is 5.02 Å². The number of thioether (sulfide) groups is 1. The molecule has 1 aromatic heterocycles. The molecule has 0 saturated heterocycles. The number of fused-ring (bicyclic) bond motifs is 1. The lowest BCUT2D eigenvalue weighted by Gasteiger charge is -2.28. The lowest BCUT2D eigenvalue weighted by atomic mass is 9.82. The Morgan fingerprint density at radius 1 is 1.33 bits per heavy atom. The van der Waals surface area contributed by atoms with Gasteiger partial charge in [0.15, 0.2) is 5.16 Å². The minimum atomic E-state index is -0.590. The molecule has 0 fully saturated rings. The highest BCUT2D eigenvalue weighted by Gasteiger charge is 2.36. The molecular formula is C19H20ClN3O3S. The fourth-order valence-electron chi connectivity index (χ4n) is 3.07. The van der Waals surface area contributed by atoms with Gasteiger partial charge in [-0.1, -0.05) is 42.4 Å². The molecule has 2 aromatic rings. The largest absolute Gasteiger partial charge is 0.466 e. The highest BCUT2D eigenvalue weighted by molar-refractivity contribution is 7.99. The predicted octanol–water partition coefficient (Wildman–Crippen LogP) is 3.93. The standard InChI is InChI=1S/C19H20ClN3O3S/c1-4-9-27-19-22-16-15(17(24)23-19)14(11-5-7-12(20)8-6-11)13(10(2)21-16)18(25)26-3/h5-8,14H,4,9H2,1-3H3,(H2,21,22,23,24)/t14-/m1/s1. The van der Waals surface area contributed by atoms with Gasteiger partial charge in [0.25, 0.3) is 5.56 Å². The van der Waals surface area contributed by atoms with Crippen molar-refractivity contribution in [2.45, 2.75) is 31.3 Å². The molecular weight excluding hydrogens is 386 g/mol. The molecule has 0 bridgehead atoms. The second-order valence-electron chi connectivity index (χ2n) is 6.12. The molecule has 0 amide bonds. The summed E-state index contributed by atoms with van der Waals surface area (Å²) in [5.74, 6) is 0.231. The van der Waals surface area contributed by atoms with Gasteiger partial charge in [0.05, 0.1) is 24.2 Å². The van der Waals surface area contributed by atoms with Crippen molar-refractivity contribution in [3.63, 3.8) is 0 Å². The third-order valence-corrected chi connectivity index (χ3v) is 5.60. The number of methoxy groups -OCH3 is 1. The number of esters is 1. The van der Waals surface area contributed by atoms with Gasteiger partial charge in [-0.2, -0.15) is 0 Å². The first-order valence-electron chi connectivity index (χ1n) is 8.54. The van der Waals surface area contributed by atoms with Gasteiger partial charge in [-0.3, -0.25) is 4.79 Å². The average Bonchev–Trinajstić information content (AvgIpc) is 2.65. The number of carbonyl (C=O) groups is 1. The third-order valence-electron chi connectivity index (χ3n) is 4.27.